The van der Waals surface area contributed by atoms with Crippen molar-refractivity contribution in [2.24, 2.45) is 14.1 Å². The van der Waals surface area contributed by atoms with E-state index in [2.05, 4.69) is 22.8 Å². The van der Waals surface area contributed by atoms with E-state index in [-0.39, 0.29) is 51.8 Å². The standard InChI is InChI=1S/C27H33N5O4/c1-30(2)25(34)19-14-10-16-21(24(19)33)29-23-22(26(35)31(3)32(4)27(23)36)28-20-15-9-8-13-18(20)17-11-6-5-7-12-17/h5-7,10-12,14,16,18,20,28-29,33H,8-9,13,15H2,1-4H3. The first-order valence-corrected chi connectivity index (χ1v) is 12.1. The van der Waals surface area contributed by atoms with Crippen LogP contribution in [0.3, 0.4) is 0 Å². The lowest BCUT2D eigenvalue weighted by Gasteiger charge is -2.33. The first-order chi connectivity index (χ1) is 17.2. The second-order valence-electron chi connectivity index (χ2n) is 9.49. The summed E-state index contributed by atoms with van der Waals surface area (Å²) < 4.78 is 2.49. The monoisotopic (exact) mass is 491 g/mol. The zero-order valence-corrected chi connectivity index (χ0v) is 21.1. The van der Waals surface area contributed by atoms with Gasteiger partial charge in [0, 0.05) is 40.2 Å². The molecule has 0 bridgehead atoms. The minimum absolute atomic E-state index is 0.0303. The lowest BCUT2D eigenvalue weighted by atomic mass is 9.80. The maximum absolute atomic E-state index is 13.4. The van der Waals surface area contributed by atoms with Crippen molar-refractivity contribution in [1.29, 1.82) is 0 Å². The molecular formula is C27H33N5O4. The molecule has 0 spiro atoms. The minimum atomic E-state index is -0.435. The van der Waals surface area contributed by atoms with Gasteiger partial charge in [0.05, 0.1) is 11.3 Å². The molecular weight excluding hydrogens is 458 g/mol. The summed E-state index contributed by atoms with van der Waals surface area (Å²) in [5.74, 6) is -0.472. The van der Waals surface area contributed by atoms with Crippen molar-refractivity contribution < 1.29 is 9.90 Å². The van der Waals surface area contributed by atoms with Gasteiger partial charge in [-0.2, -0.15) is 0 Å². The third-order valence-electron chi connectivity index (χ3n) is 6.97. The molecule has 2 unspecified atom stereocenters. The van der Waals surface area contributed by atoms with Crippen LogP contribution in [0.2, 0.25) is 0 Å². The quantitative estimate of drug-likeness (QED) is 0.456. The number of hydrogen-bond donors (Lipinski definition) is 3. The summed E-state index contributed by atoms with van der Waals surface area (Å²) in [6, 6.07) is 14.8. The highest BCUT2D eigenvalue weighted by Crippen LogP contribution is 2.36. The smallest absolute Gasteiger partial charge is 0.290 e. The molecule has 3 aromatic rings. The normalized spacial score (nSPS) is 17.4. The number of para-hydroxylation sites is 1. The Morgan fingerprint density at radius 1 is 0.917 bits per heavy atom. The van der Waals surface area contributed by atoms with Crippen LogP contribution < -0.4 is 21.8 Å². The van der Waals surface area contributed by atoms with Gasteiger partial charge in [0.2, 0.25) is 0 Å². The lowest BCUT2D eigenvalue weighted by molar-refractivity contribution is 0.0824. The fourth-order valence-corrected chi connectivity index (χ4v) is 4.84. The topological polar surface area (TPSA) is 109 Å². The van der Waals surface area contributed by atoms with Gasteiger partial charge < -0.3 is 20.6 Å². The summed E-state index contributed by atoms with van der Waals surface area (Å²) in [4.78, 5) is 40.6. The molecule has 1 heterocycles. The van der Waals surface area contributed by atoms with Gasteiger partial charge in [-0.3, -0.25) is 14.4 Å². The summed E-state index contributed by atoms with van der Waals surface area (Å²) in [5, 5.41) is 17.2. The van der Waals surface area contributed by atoms with E-state index in [9.17, 15) is 19.5 Å². The molecule has 1 aliphatic rings. The number of carbonyl (C=O) groups excluding carboxylic acids is 1. The number of hydrogen-bond acceptors (Lipinski definition) is 6. The Kier molecular flexibility index (Phi) is 7.19. The highest BCUT2D eigenvalue weighted by Gasteiger charge is 2.29. The number of anilines is 3. The molecule has 1 amide bonds. The fourth-order valence-electron chi connectivity index (χ4n) is 4.84. The minimum Gasteiger partial charge on any atom is -0.505 e. The zero-order valence-electron chi connectivity index (χ0n) is 21.1. The van der Waals surface area contributed by atoms with E-state index in [1.165, 1.54) is 32.9 Å². The summed E-state index contributed by atoms with van der Waals surface area (Å²) in [7, 11) is 6.24. The SMILES string of the molecule is CN(C)C(=O)c1cccc(Nc2c(NC3CCCCC3c3ccccc3)c(=O)n(C)n(C)c2=O)c1O. The molecule has 1 aromatic heterocycles. The number of aromatic hydroxyl groups is 1. The summed E-state index contributed by atoms with van der Waals surface area (Å²) in [5.41, 5.74) is 0.834. The maximum Gasteiger partial charge on any atom is 0.290 e. The van der Waals surface area contributed by atoms with Crippen molar-refractivity contribution in [3.05, 3.63) is 80.4 Å². The van der Waals surface area contributed by atoms with Crippen molar-refractivity contribution in [2.45, 2.75) is 37.6 Å². The predicted octanol–water partition coefficient (Wildman–Crippen LogP) is 3.37. The van der Waals surface area contributed by atoms with Gasteiger partial charge in [0.1, 0.15) is 11.4 Å². The molecule has 36 heavy (non-hydrogen) atoms. The molecule has 1 aliphatic carbocycles. The number of amides is 1. The molecule has 2 atom stereocenters. The Labute approximate surface area is 210 Å². The Balaban J connectivity index is 1.78. The number of aromatic nitrogens is 2. The van der Waals surface area contributed by atoms with E-state index in [0.717, 1.165) is 25.7 Å². The largest absolute Gasteiger partial charge is 0.505 e. The van der Waals surface area contributed by atoms with Crippen molar-refractivity contribution >= 4 is 23.0 Å². The summed E-state index contributed by atoms with van der Waals surface area (Å²) in [6.07, 6.45) is 3.95. The average molecular weight is 492 g/mol. The highest BCUT2D eigenvalue weighted by molar-refractivity contribution is 5.98. The number of phenolic OH excluding ortho intramolecular Hbond substituents is 1. The first-order valence-electron chi connectivity index (χ1n) is 12.1. The van der Waals surface area contributed by atoms with Crippen LogP contribution in [0.25, 0.3) is 0 Å². The van der Waals surface area contributed by atoms with Crippen LogP contribution >= 0.6 is 0 Å². The van der Waals surface area contributed by atoms with Crippen LogP contribution in [0.1, 0.15) is 47.5 Å². The van der Waals surface area contributed by atoms with Crippen molar-refractivity contribution in [1.82, 2.24) is 14.3 Å². The molecule has 0 saturated heterocycles. The molecule has 190 valence electrons. The Hall–Kier alpha value is -4.01. The molecule has 0 radical (unpaired) electrons. The molecule has 2 aromatic carbocycles. The molecule has 9 nitrogen and oxygen atoms in total. The fraction of sp³-hybridized carbons (Fsp3) is 0.370. The maximum atomic E-state index is 13.4. The van der Waals surface area contributed by atoms with Crippen LogP contribution in [0.5, 0.6) is 5.75 Å². The van der Waals surface area contributed by atoms with Crippen LogP contribution in [-0.2, 0) is 14.1 Å². The summed E-state index contributed by atoms with van der Waals surface area (Å²) in [6.45, 7) is 0. The van der Waals surface area contributed by atoms with Crippen molar-refractivity contribution in [3.8, 4) is 5.75 Å². The number of carbonyl (C=O) groups is 1. The van der Waals surface area contributed by atoms with Crippen molar-refractivity contribution in [2.75, 3.05) is 24.7 Å². The van der Waals surface area contributed by atoms with Gasteiger partial charge in [0.15, 0.2) is 5.75 Å². The van der Waals surface area contributed by atoms with Gasteiger partial charge >= 0.3 is 0 Å². The van der Waals surface area contributed by atoms with Crippen molar-refractivity contribution in [3.63, 3.8) is 0 Å². The molecule has 4 rings (SSSR count). The number of rotatable bonds is 6. The second kappa shape index (κ2) is 10.3. The average Bonchev–Trinajstić information content (AvgIpc) is 2.89. The van der Waals surface area contributed by atoms with Crippen LogP contribution in [0.4, 0.5) is 17.1 Å². The van der Waals surface area contributed by atoms with Gasteiger partial charge in [-0.25, -0.2) is 9.36 Å². The van der Waals surface area contributed by atoms with Crippen LogP contribution in [-0.4, -0.2) is 45.4 Å². The molecule has 3 N–H and O–H groups in total. The van der Waals surface area contributed by atoms with E-state index in [1.807, 2.05) is 18.2 Å². The van der Waals surface area contributed by atoms with Gasteiger partial charge in [-0.15, -0.1) is 0 Å². The third kappa shape index (κ3) is 4.73. The van der Waals surface area contributed by atoms with Crippen LogP contribution in [0.15, 0.2) is 58.1 Å². The molecule has 9 heteroatoms. The Morgan fingerprint density at radius 3 is 2.22 bits per heavy atom. The van der Waals surface area contributed by atoms with E-state index in [4.69, 9.17) is 0 Å². The van der Waals surface area contributed by atoms with E-state index in [0.29, 0.717) is 0 Å². The second-order valence-corrected chi connectivity index (χ2v) is 9.49. The van der Waals surface area contributed by atoms with E-state index < -0.39 is 5.56 Å². The molecule has 1 fully saturated rings. The number of benzene rings is 2. The Bertz CT molecular complexity index is 1380. The number of nitrogens with zero attached hydrogens (tertiary/aromatic N) is 3. The third-order valence-corrected chi connectivity index (χ3v) is 6.97. The van der Waals surface area contributed by atoms with Crippen LogP contribution in [0, 0.1) is 0 Å². The van der Waals surface area contributed by atoms with E-state index >= 15 is 0 Å². The number of phenols is 1. The first kappa shape index (κ1) is 25.1. The number of nitrogens with one attached hydrogen (secondary N) is 2. The molecule has 0 aliphatic heterocycles. The van der Waals surface area contributed by atoms with Gasteiger partial charge in [0.25, 0.3) is 17.0 Å². The predicted molar refractivity (Wildman–Crippen MR) is 141 cm³/mol. The highest BCUT2D eigenvalue weighted by atomic mass is 16.3. The van der Waals surface area contributed by atoms with Gasteiger partial charge in [-0.05, 0) is 30.5 Å². The van der Waals surface area contributed by atoms with E-state index in [1.54, 1.807) is 33.3 Å². The van der Waals surface area contributed by atoms with Gasteiger partial charge in [-0.1, -0.05) is 49.2 Å². The molecule has 1 saturated carbocycles. The lowest BCUT2D eigenvalue weighted by Crippen LogP contribution is -2.41. The Morgan fingerprint density at radius 2 is 1.56 bits per heavy atom. The zero-order chi connectivity index (χ0) is 26.0. The summed E-state index contributed by atoms with van der Waals surface area (Å²) >= 11 is 0.